The van der Waals surface area contributed by atoms with Crippen molar-refractivity contribution < 1.29 is 9.13 Å². The largest absolute Gasteiger partial charge is 0.379 e. The summed E-state index contributed by atoms with van der Waals surface area (Å²) in [4.78, 5) is 5.02. The van der Waals surface area contributed by atoms with Gasteiger partial charge in [-0.1, -0.05) is 12.1 Å². The van der Waals surface area contributed by atoms with Crippen LogP contribution in [0.2, 0.25) is 0 Å². The number of nitrogens with zero attached hydrogens (tertiary/aromatic N) is 2. The highest BCUT2D eigenvalue weighted by molar-refractivity contribution is 5.21. The third-order valence-corrected chi connectivity index (χ3v) is 4.43. The Balaban J connectivity index is 1.56. The Kier molecular flexibility index (Phi) is 4.65. The predicted octanol–water partition coefficient (Wildman–Crippen LogP) is 2.29. The van der Waals surface area contributed by atoms with Crippen molar-refractivity contribution in [3.8, 4) is 0 Å². The summed E-state index contributed by atoms with van der Waals surface area (Å²) in [6.45, 7) is 7.20. The first-order valence-corrected chi connectivity index (χ1v) is 7.62. The third kappa shape index (κ3) is 3.37. The lowest BCUT2D eigenvalue weighted by Crippen LogP contribution is -2.41. The van der Waals surface area contributed by atoms with Gasteiger partial charge in [-0.2, -0.15) is 0 Å². The smallest absolute Gasteiger partial charge is 0.123 e. The number of morpholine rings is 1. The number of halogens is 1. The number of ether oxygens (including phenoxy) is 1. The molecule has 20 heavy (non-hydrogen) atoms. The van der Waals surface area contributed by atoms with E-state index in [1.54, 1.807) is 12.1 Å². The van der Waals surface area contributed by atoms with Crippen LogP contribution in [0.1, 0.15) is 24.4 Å². The van der Waals surface area contributed by atoms with E-state index >= 15 is 0 Å². The molecule has 0 aliphatic carbocycles. The van der Waals surface area contributed by atoms with Crippen LogP contribution >= 0.6 is 0 Å². The Labute approximate surface area is 120 Å². The molecular weight excluding hydrogens is 255 g/mol. The van der Waals surface area contributed by atoms with Crippen LogP contribution in [0, 0.1) is 5.82 Å². The topological polar surface area (TPSA) is 15.7 Å². The van der Waals surface area contributed by atoms with Gasteiger partial charge in [0.2, 0.25) is 0 Å². The van der Waals surface area contributed by atoms with Crippen molar-refractivity contribution in [1.29, 1.82) is 0 Å². The molecule has 1 aromatic rings. The van der Waals surface area contributed by atoms with E-state index in [0.29, 0.717) is 6.04 Å². The minimum Gasteiger partial charge on any atom is -0.379 e. The van der Waals surface area contributed by atoms with E-state index in [2.05, 4.69) is 9.80 Å². The summed E-state index contributed by atoms with van der Waals surface area (Å²) in [6, 6.07) is 7.50. The third-order valence-electron chi connectivity index (χ3n) is 4.43. The summed E-state index contributed by atoms with van der Waals surface area (Å²) in [5.41, 5.74) is 1.26. The van der Waals surface area contributed by atoms with Gasteiger partial charge in [0.15, 0.2) is 0 Å². The van der Waals surface area contributed by atoms with Crippen molar-refractivity contribution >= 4 is 0 Å². The lowest BCUT2D eigenvalue weighted by Gasteiger charge is -2.31. The molecule has 1 aromatic carbocycles. The van der Waals surface area contributed by atoms with Gasteiger partial charge in [-0.15, -0.1) is 0 Å². The van der Waals surface area contributed by atoms with E-state index in [1.807, 2.05) is 12.1 Å². The normalized spacial score (nSPS) is 25.1. The summed E-state index contributed by atoms with van der Waals surface area (Å²) < 4.78 is 18.4. The van der Waals surface area contributed by atoms with E-state index in [1.165, 1.54) is 18.4 Å². The summed E-state index contributed by atoms with van der Waals surface area (Å²) in [5, 5.41) is 0. The van der Waals surface area contributed by atoms with Gasteiger partial charge in [0, 0.05) is 32.2 Å². The molecule has 0 aromatic heterocycles. The molecule has 0 amide bonds. The molecule has 0 spiro atoms. The number of hydrogen-bond acceptors (Lipinski definition) is 3. The maximum Gasteiger partial charge on any atom is 0.123 e. The van der Waals surface area contributed by atoms with E-state index in [-0.39, 0.29) is 5.82 Å². The number of rotatable bonds is 4. The Hall–Kier alpha value is -0.970. The van der Waals surface area contributed by atoms with Crippen LogP contribution in [-0.2, 0) is 4.74 Å². The average Bonchev–Trinajstić information content (AvgIpc) is 2.95. The second-order valence-electron chi connectivity index (χ2n) is 5.70. The Morgan fingerprint density at radius 3 is 2.55 bits per heavy atom. The molecule has 0 saturated carbocycles. The molecule has 1 unspecified atom stereocenters. The fourth-order valence-electron chi connectivity index (χ4n) is 3.25. The fraction of sp³-hybridized carbons (Fsp3) is 0.625. The molecule has 2 heterocycles. The highest BCUT2D eigenvalue weighted by atomic mass is 19.1. The van der Waals surface area contributed by atoms with E-state index in [9.17, 15) is 4.39 Å². The molecule has 4 heteroatoms. The maximum absolute atomic E-state index is 13.0. The van der Waals surface area contributed by atoms with Crippen molar-refractivity contribution in [3.05, 3.63) is 35.6 Å². The second kappa shape index (κ2) is 6.66. The molecule has 2 saturated heterocycles. The first kappa shape index (κ1) is 14.0. The van der Waals surface area contributed by atoms with Gasteiger partial charge in [-0.25, -0.2) is 4.39 Å². The second-order valence-corrected chi connectivity index (χ2v) is 5.70. The van der Waals surface area contributed by atoms with Crippen LogP contribution in [0.5, 0.6) is 0 Å². The van der Waals surface area contributed by atoms with Crippen molar-refractivity contribution in [1.82, 2.24) is 9.80 Å². The minimum absolute atomic E-state index is 0.147. The van der Waals surface area contributed by atoms with Crippen molar-refractivity contribution in [3.63, 3.8) is 0 Å². The molecule has 3 nitrogen and oxygen atoms in total. The van der Waals surface area contributed by atoms with Gasteiger partial charge in [-0.05, 0) is 37.1 Å². The quantitative estimate of drug-likeness (QED) is 0.840. The summed E-state index contributed by atoms with van der Waals surface area (Å²) in [6.07, 6.45) is 2.43. The maximum atomic E-state index is 13.0. The minimum atomic E-state index is -0.147. The fourth-order valence-corrected chi connectivity index (χ4v) is 3.25. The SMILES string of the molecule is Fc1ccc(C2CCCN2CCN2CCOCC2)cc1. The van der Waals surface area contributed by atoms with Gasteiger partial charge in [-0.3, -0.25) is 9.80 Å². The molecule has 0 bridgehead atoms. The van der Waals surface area contributed by atoms with Crippen LogP contribution in [0.15, 0.2) is 24.3 Å². The van der Waals surface area contributed by atoms with E-state index in [0.717, 1.165) is 45.9 Å². The van der Waals surface area contributed by atoms with Gasteiger partial charge in [0.05, 0.1) is 13.2 Å². The zero-order valence-electron chi connectivity index (χ0n) is 11.9. The van der Waals surface area contributed by atoms with E-state index in [4.69, 9.17) is 4.74 Å². The molecule has 0 N–H and O–H groups in total. The first-order chi connectivity index (χ1) is 9.83. The van der Waals surface area contributed by atoms with Crippen LogP contribution in [-0.4, -0.2) is 55.7 Å². The standard InChI is InChI=1S/C16H23FN2O/c17-15-5-3-14(4-6-15)16-2-1-7-19(16)9-8-18-10-12-20-13-11-18/h3-6,16H,1-2,7-13H2. The van der Waals surface area contributed by atoms with Crippen molar-refractivity contribution in [2.24, 2.45) is 0 Å². The Morgan fingerprint density at radius 2 is 1.80 bits per heavy atom. The van der Waals surface area contributed by atoms with E-state index < -0.39 is 0 Å². The molecule has 2 aliphatic heterocycles. The van der Waals surface area contributed by atoms with Crippen molar-refractivity contribution in [2.75, 3.05) is 45.9 Å². The molecule has 1 atom stereocenters. The predicted molar refractivity (Wildman–Crippen MR) is 77.2 cm³/mol. The van der Waals surface area contributed by atoms with Crippen molar-refractivity contribution in [2.45, 2.75) is 18.9 Å². The Morgan fingerprint density at radius 1 is 1.05 bits per heavy atom. The zero-order chi connectivity index (χ0) is 13.8. The number of likely N-dealkylation sites (tertiary alicyclic amines) is 1. The average molecular weight is 278 g/mol. The molecule has 2 fully saturated rings. The monoisotopic (exact) mass is 278 g/mol. The summed E-state index contributed by atoms with van der Waals surface area (Å²) >= 11 is 0. The molecular formula is C16H23FN2O. The van der Waals surface area contributed by atoms with Crippen LogP contribution in [0.25, 0.3) is 0 Å². The number of benzene rings is 1. The van der Waals surface area contributed by atoms with Gasteiger partial charge in [0.25, 0.3) is 0 Å². The molecule has 0 radical (unpaired) electrons. The van der Waals surface area contributed by atoms with Crippen LogP contribution < -0.4 is 0 Å². The van der Waals surface area contributed by atoms with Crippen LogP contribution in [0.4, 0.5) is 4.39 Å². The molecule has 3 rings (SSSR count). The first-order valence-electron chi connectivity index (χ1n) is 7.62. The lowest BCUT2D eigenvalue weighted by molar-refractivity contribution is 0.0327. The zero-order valence-corrected chi connectivity index (χ0v) is 11.9. The van der Waals surface area contributed by atoms with Gasteiger partial charge < -0.3 is 4.74 Å². The number of hydrogen-bond donors (Lipinski definition) is 0. The highest BCUT2D eigenvalue weighted by Crippen LogP contribution is 2.31. The van der Waals surface area contributed by atoms with Gasteiger partial charge >= 0.3 is 0 Å². The van der Waals surface area contributed by atoms with Crippen LogP contribution in [0.3, 0.4) is 0 Å². The summed E-state index contributed by atoms with van der Waals surface area (Å²) in [7, 11) is 0. The van der Waals surface area contributed by atoms with Gasteiger partial charge in [0.1, 0.15) is 5.82 Å². The highest BCUT2D eigenvalue weighted by Gasteiger charge is 2.26. The summed E-state index contributed by atoms with van der Waals surface area (Å²) in [5.74, 6) is -0.147. The molecule has 2 aliphatic rings. The lowest BCUT2D eigenvalue weighted by atomic mass is 10.0. The molecule has 110 valence electrons. The Bertz CT molecular complexity index is 417.